The summed E-state index contributed by atoms with van der Waals surface area (Å²) in [4.78, 5) is 31.9. The first-order valence-electron chi connectivity index (χ1n) is 8.32. The molecule has 6 heteroatoms. The third-order valence-electron chi connectivity index (χ3n) is 4.52. The first-order valence-corrected chi connectivity index (χ1v) is 8.32. The van der Waals surface area contributed by atoms with Gasteiger partial charge < -0.3 is 15.6 Å². The van der Waals surface area contributed by atoms with E-state index >= 15 is 0 Å². The van der Waals surface area contributed by atoms with E-state index in [0.29, 0.717) is 12.1 Å². The minimum Gasteiger partial charge on any atom is -0.379 e. The zero-order valence-corrected chi connectivity index (χ0v) is 14.6. The zero-order chi connectivity index (χ0) is 18.0. The summed E-state index contributed by atoms with van der Waals surface area (Å²) in [5.74, 6) is 0.770. The summed E-state index contributed by atoms with van der Waals surface area (Å²) < 4.78 is 0. The van der Waals surface area contributed by atoms with Crippen molar-refractivity contribution in [2.75, 3.05) is 6.54 Å². The number of nitrogens with zero attached hydrogens (tertiary/aromatic N) is 1. The number of aromatic nitrogens is 1. The van der Waals surface area contributed by atoms with Gasteiger partial charge in [-0.15, -0.1) is 0 Å². The monoisotopic (exact) mass is 338 g/mol. The van der Waals surface area contributed by atoms with Crippen LogP contribution in [-0.4, -0.2) is 29.7 Å². The molecule has 0 aromatic carbocycles. The number of rotatable bonds is 4. The van der Waals surface area contributed by atoms with E-state index in [-0.39, 0.29) is 23.9 Å². The lowest BCUT2D eigenvalue weighted by atomic mass is 9.99. The van der Waals surface area contributed by atoms with Crippen LogP contribution >= 0.6 is 0 Å². The number of H-pyrrole nitrogens is 1. The predicted molar refractivity (Wildman–Crippen MR) is 99.1 cm³/mol. The zero-order valence-electron chi connectivity index (χ0n) is 14.6. The molecule has 6 nitrogen and oxygen atoms in total. The average molecular weight is 338 g/mol. The fourth-order valence-corrected chi connectivity index (χ4v) is 3.17. The van der Waals surface area contributed by atoms with Crippen molar-refractivity contribution >= 4 is 23.9 Å². The third kappa shape index (κ3) is 3.57. The van der Waals surface area contributed by atoms with Gasteiger partial charge in [-0.3, -0.25) is 14.6 Å². The van der Waals surface area contributed by atoms with Gasteiger partial charge in [0.1, 0.15) is 0 Å². The number of nitrogens with one attached hydrogen (secondary N) is 3. The second-order valence-electron chi connectivity index (χ2n) is 6.31. The van der Waals surface area contributed by atoms with Gasteiger partial charge in [-0.1, -0.05) is 12.2 Å². The number of aliphatic imine (C=N–C) groups is 1. The van der Waals surface area contributed by atoms with E-state index in [1.54, 1.807) is 12.8 Å². The van der Waals surface area contributed by atoms with Crippen LogP contribution in [0.5, 0.6) is 0 Å². The van der Waals surface area contributed by atoms with Crippen molar-refractivity contribution in [2.45, 2.75) is 33.2 Å². The van der Waals surface area contributed by atoms with Crippen molar-refractivity contribution in [3.8, 4) is 0 Å². The molecule has 2 radical (unpaired) electrons. The summed E-state index contributed by atoms with van der Waals surface area (Å²) in [6, 6.07) is -0.150. The van der Waals surface area contributed by atoms with E-state index in [1.165, 1.54) is 0 Å². The number of amides is 1. The van der Waals surface area contributed by atoms with Crippen LogP contribution < -0.4 is 26.8 Å². The van der Waals surface area contributed by atoms with Crippen LogP contribution in [0.3, 0.4) is 0 Å². The van der Waals surface area contributed by atoms with Crippen molar-refractivity contribution in [3.05, 3.63) is 56.7 Å². The van der Waals surface area contributed by atoms with Gasteiger partial charge in [0.15, 0.2) is 0 Å². The molecule has 1 aromatic heterocycles. The summed E-state index contributed by atoms with van der Waals surface area (Å²) in [6.45, 7) is 8.20. The topological polar surface area (TPSA) is 86.3 Å². The minimum absolute atomic E-state index is 0.0456. The fraction of sp³-hybridized carbons (Fsp3) is 0.316. The Hall–Kier alpha value is -2.63. The number of pyridine rings is 1. The molecule has 2 aliphatic heterocycles. The van der Waals surface area contributed by atoms with E-state index in [4.69, 9.17) is 0 Å². The lowest BCUT2D eigenvalue weighted by molar-refractivity contribution is -0.120. The minimum atomic E-state index is -0.217. The third-order valence-corrected chi connectivity index (χ3v) is 4.52. The molecule has 1 atom stereocenters. The molecule has 0 saturated heterocycles. The fourth-order valence-electron chi connectivity index (χ4n) is 3.17. The van der Waals surface area contributed by atoms with E-state index in [1.807, 2.05) is 39.0 Å². The Morgan fingerprint density at radius 2 is 2.20 bits per heavy atom. The molecule has 1 aromatic rings. The lowest BCUT2D eigenvalue weighted by Gasteiger charge is -2.20. The van der Waals surface area contributed by atoms with Gasteiger partial charge in [0.25, 0.3) is 5.56 Å². The van der Waals surface area contributed by atoms with Crippen molar-refractivity contribution < 1.29 is 4.79 Å². The van der Waals surface area contributed by atoms with Crippen molar-refractivity contribution in [1.29, 1.82) is 0 Å². The maximum absolute atomic E-state index is 12.4. The number of hydrogen-bond acceptors (Lipinski definition) is 4. The van der Waals surface area contributed by atoms with Crippen LogP contribution in [0, 0.1) is 19.4 Å². The number of carbonyl (C=O) groups is 1. The van der Waals surface area contributed by atoms with Gasteiger partial charge in [-0.25, -0.2) is 0 Å². The molecule has 3 N–H and O–H groups in total. The first-order chi connectivity index (χ1) is 12.0. The molecule has 0 bridgehead atoms. The van der Waals surface area contributed by atoms with Gasteiger partial charge >= 0.3 is 0 Å². The number of carbonyl (C=O) groups excluding carboxylic acids is 1. The first kappa shape index (κ1) is 17.2. The molecule has 0 unspecified atom stereocenters. The van der Waals surface area contributed by atoms with Gasteiger partial charge in [0.05, 0.1) is 25.4 Å². The molecule has 2 aliphatic rings. The normalized spacial score (nSPS) is 17.5. The second-order valence-corrected chi connectivity index (χ2v) is 6.31. The highest BCUT2D eigenvalue weighted by molar-refractivity contribution is 5.84. The molecule has 0 aliphatic carbocycles. The van der Waals surface area contributed by atoms with Crippen molar-refractivity contribution in [3.63, 3.8) is 0 Å². The Bertz CT molecular complexity index is 912. The molecular weight excluding hydrogens is 316 g/mol. The quantitative estimate of drug-likeness (QED) is 0.699. The van der Waals surface area contributed by atoms with Crippen LogP contribution in [0.1, 0.15) is 25.0 Å². The molecule has 3 heterocycles. The van der Waals surface area contributed by atoms with E-state index < -0.39 is 0 Å². The van der Waals surface area contributed by atoms with Crippen molar-refractivity contribution in [2.24, 2.45) is 4.99 Å². The maximum Gasteiger partial charge on any atom is 0.252 e. The van der Waals surface area contributed by atoms with E-state index in [0.717, 1.165) is 27.7 Å². The van der Waals surface area contributed by atoms with Crippen molar-refractivity contribution in [1.82, 2.24) is 15.6 Å². The Kier molecular flexibility index (Phi) is 4.88. The molecule has 0 fully saturated rings. The molecule has 3 rings (SSSR count). The highest BCUT2D eigenvalue weighted by atomic mass is 16.2. The molecule has 0 saturated carbocycles. The number of fused-ring (bicyclic) bond motifs is 1. The summed E-state index contributed by atoms with van der Waals surface area (Å²) in [5.41, 5.74) is 2.08. The Morgan fingerprint density at radius 1 is 1.40 bits per heavy atom. The Labute approximate surface area is 146 Å². The van der Waals surface area contributed by atoms with Gasteiger partial charge in [0.2, 0.25) is 5.91 Å². The number of dihydropyridines is 1. The SMILES string of the molecule is CC1=c2c(C)c(CC(=O)N[C@H](C)[C]3C=CCN=C3)c(=O)[nH]c2=C[CH]N1. The number of hydrogen-bond donors (Lipinski definition) is 3. The Balaban J connectivity index is 1.83. The summed E-state index contributed by atoms with van der Waals surface area (Å²) in [6.07, 6.45) is 7.57. The maximum atomic E-state index is 12.4. The standard InChI is InChI=1S/C19H22N4O2/c1-11-15(19(25)23-16-6-8-21-13(3)18(11)16)9-17(24)22-12(2)14-5-4-7-20-10-14/h4-6,8,10,12,21H,7,9H2,1-3H3,(H,22,24)(H,23,25)/t12-/m1/s1. The smallest absolute Gasteiger partial charge is 0.252 e. The van der Waals surface area contributed by atoms with Gasteiger partial charge in [-0.2, -0.15) is 0 Å². The lowest BCUT2D eigenvalue weighted by Crippen LogP contribution is -2.45. The average Bonchev–Trinajstić information content (AvgIpc) is 2.59. The predicted octanol–water partition coefficient (Wildman–Crippen LogP) is -0.381. The van der Waals surface area contributed by atoms with E-state index in [2.05, 4.69) is 20.6 Å². The summed E-state index contributed by atoms with van der Waals surface area (Å²) in [5, 5.41) is 7.81. The molecule has 130 valence electrons. The molecule has 1 amide bonds. The van der Waals surface area contributed by atoms with Crippen LogP contribution in [0.4, 0.5) is 0 Å². The molecule has 25 heavy (non-hydrogen) atoms. The summed E-state index contributed by atoms with van der Waals surface area (Å²) in [7, 11) is 0. The largest absolute Gasteiger partial charge is 0.379 e. The highest BCUT2D eigenvalue weighted by Gasteiger charge is 2.19. The Morgan fingerprint density at radius 3 is 2.92 bits per heavy atom. The van der Waals surface area contributed by atoms with Gasteiger partial charge in [0, 0.05) is 34.1 Å². The molecular formula is C19H22N4O2. The van der Waals surface area contributed by atoms with Crippen LogP contribution in [0.15, 0.2) is 21.9 Å². The highest BCUT2D eigenvalue weighted by Crippen LogP contribution is 2.09. The van der Waals surface area contributed by atoms with Crippen LogP contribution in [0.2, 0.25) is 0 Å². The van der Waals surface area contributed by atoms with Crippen LogP contribution in [0.25, 0.3) is 11.8 Å². The summed E-state index contributed by atoms with van der Waals surface area (Å²) >= 11 is 0. The van der Waals surface area contributed by atoms with E-state index in [9.17, 15) is 9.59 Å². The van der Waals surface area contributed by atoms with Crippen LogP contribution in [-0.2, 0) is 11.2 Å². The van der Waals surface area contributed by atoms with Gasteiger partial charge in [-0.05, 0) is 32.4 Å². The number of aromatic amines is 1. The second kappa shape index (κ2) is 7.09. The molecule has 0 spiro atoms.